The van der Waals surface area contributed by atoms with E-state index in [4.69, 9.17) is 5.73 Å². The van der Waals surface area contributed by atoms with Gasteiger partial charge in [0.1, 0.15) is 5.78 Å². The minimum Gasteiger partial charge on any atom is -0.328 e. The summed E-state index contributed by atoms with van der Waals surface area (Å²) in [6.07, 6.45) is 2.00. The summed E-state index contributed by atoms with van der Waals surface area (Å²) in [7, 11) is 0. The molecule has 0 aliphatic carbocycles. The van der Waals surface area contributed by atoms with Gasteiger partial charge in [-0.2, -0.15) is 0 Å². The van der Waals surface area contributed by atoms with Crippen LogP contribution in [0.15, 0.2) is 17.5 Å². The second kappa shape index (κ2) is 5.14. The van der Waals surface area contributed by atoms with Crippen molar-refractivity contribution < 1.29 is 4.79 Å². The fourth-order valence-electron chi connectivity index (χ4n) is 1.18. The van der Waals surface area contributed by atoms with Gasteiger partial charge in [-0.05, 0) is 24.8 Å². The van der Waals surface area contributed by atoms with Gasteiger partial charge < -0.3 is 5.73 Å². The van der Waals surface area contributed by atoms with E-state index in [1.165, 1.54) is 4.88 Å². The zero-order chi connectivity index (χ0) is 9.68. The number of Topliss-reactive ketones (excluding diaryl/α,β-unsaturated/α-hetero) is 1. The fourth-order valence-corrected chi connectivity index (χ4v) is 1.89. The Labute approximate surface area is 82.8 Å². The molecule has 3 heteroatoms. The SMILES string of the molecule is CC(N)CC(=O)CCc1cccs1. The summed E-state index contributed by atoms with van der Waals surface area (Å²) in [5, 5.41) is 2.03. The first-order valence-electron chi connectivity index (χ1n) is 4.48. The highest BCUT2D eigenvalue weighted by atomic mass is 32.1. The van der Waals surface area contributed by atoms with Crippen LogP contribution in [0.5, 0.6) is 0 Å². The van der Waals surface area contributed by atoms with Crippen molar-refractivity contribution in [2.45, 2.75) is 32.2 Å². The van der Waals surface area contributed by atoms with Crippen molar-refractivity contribution in [1.82, 2.24) is 0 Å². The molecule has 0 aliphatic rings. The number of rotatable bonds is 5. The average molecular weight is 197 g/mol. The molecule has 1 atom stereocenters. The van der Waals surface area contributed by atoms with Crippen LogP contribution in [-0.4, -0.2) is 11.8 Å². The van der Waals surface area contributed by atoms with Crippen LogP contribution in [-0.2, 0) is 11.2 Å². The highest BCUT2D eigenvalue weighted by Crippen LogP contribution is 2.11. The van der Waals surface area contributed by atoms with Crippen LogP contribution in [0.1, 0.15) is 24.6 Å². The normalized spacial score (nSPS) is 12.8. The third-order valence-electron chi connectivity index (χ3n) is 1.78. The zero-order valence-electron chi connectivity index (χ0n) is 7.82. The second-order valence-corrected chi connectivity index (χ2v) is 4.33. The Morgan fingerprint density at radius 3 is 3.00 bits per heavy atom. The quantitative estimate of drug-likeness (QED) is 0.784. The van der Waals surface area contributed by atoms with E-state index in [-0.39, 0.29) is 11.8 Å². The van der Waals surface area contributed by atoms with Crippen LogP contribution in [0.4, 0.5) is 0 Å². The predicted octanol–water partition coefficient (Wildman–Crippen LogP) is 1.99. The Hall–Kier alpha value is -0.670. The molecule has 1 aromatic rings. The van der Waals surface area contributed by atoms with Gasteiger partial charge in [-0.3, -0.25) is 4.79 Å². The Morgan fingerprint density at radius 1 is 1.69 bits per heavy atom. The van der Waals surface area contributed by atoms with Crippen LogP contribution in [0, 0.1) is 0 Å². The molecule has 0 aliphatic heterocycles. The molecular weight excluding hydrogens is 182 g/mol. The molecule has 1 unspecified atom stereocenters. The highest BCUT2D eigenvalue weighted by Gasteiger charge is 2.05. The van der Waals surface area contributed by atoms with E-state index in [9.17, 15) is 4.79 Å². The molecule has 1 heterocycles. The lowest BCUT2D eigenvalue weighted by molar-refractivity contribution is -0.119. The molecule has 0 spiro atoms. The minimum absolute atomic E-state index is 0.00386. The van der Waals surface area contributed by atoms with Crippen molar-refractivity contribution in [3.05, 3.63) is 22.4 Å². The van der Waals surface area contributed by atoms with Gasteiger partial charge in [0.25, 0.3) is 0 Å². The predicted molar refractivity (Wildman–Crippen MR) is 55.9 cm³/mol. The lowest BCUT2D eigenvalue weighted by Crippen LogP contribution is -2.19. The number of carbonyl (C=O) groups is 1. The molecule has 0 amide bonds. The van der Waals surface area contributed by atoms with Crippen molar-refractivity contribution >= 4 is 17.1 Å². The van der Waals surface area contributed by atoms with Crippen LogP contribution in [0.25, 0.3) is 0 Å². The Kier molecular flexibility index (Phi) is 4.12. The van der Waals surface area contributed by atoms with Gasteiger partial charge >= 0.3 is 0 Å². The van der Waals surface area contributed by atoms with Crippen LogP contribution < -0.4 is 5.73 Å². The van der Waals surface area contributed by atoms with E-state index in [1.54, 1.807) is 11.3 Å². The van der Waals surface area contributed by atoms with E-state index in [1.807, 2.05) is 18.4 Å². The van der Waals surface area contributed by atoms with Crippen LogP contribution in [0.3, 0.4) is 0 Å². The Balaban J connectivity index is 2.23. The highest BCUT2D eigenvalue weighted by molar-refractivity contribution is 7.09. The number of carbonyl (C=O) groups excluding carboxylic acids is 1. The molecule has 0 radical (unpaired) electrons. The summed E-state index contributed by atoms with van der Waals surface area (Å²) < 4.78 is 0. The summed E-state index contributed by atoms with van der Waals surface area (Å²) in [5.41, 5.74) is 5.52. The van der Waals surface area contributed by atoms with E-state index in [0.717, 1.165) is 6.42 Å². The molecular formula is C10H15NOS. The smallest absolute Gasteiger partial charge is 0.134 e. The van der Waals surface area contributed by atoms with Crippen LogP contribution in [0.2, 0.25) is 0 Å². The van der Waals surface area contributed by atoms with E-state index in [2.05, 4.69) is 6.07 Å². The third-order valence-corrected chi connectivity index (χ3v) is 2.72. The van der Waals surface area contributed by atoms with Crippen molar-refractivity contribution in [1.29, 1.82) is 0 Å². The molecule has 0 aromatic carbocycles. The molecule has 0 bridgehead atoms. The van der Waals surface area contributed by atoms with Gasteiger partial charge in [-0.15, -0.1) is 11.3 Å². The molecule has 2 nitrogen and oxygen atoms in total. The van der Waals surface area contributed by atoms with Crippen molar-refractivity contribution in [2.75, 3.05) is 0 Å². The zero-order valence-corrected chi connectivity index (χ0v) is 8.64. The lowest BCUT2D eigenvalue weighted by Gasteiger charge is -2.02. The molecule has 0 fully saturated rings. The molecule has 0 saturated carbocycles. The Morgan fingerprint density at radius 2 is 2.46 bits per heavy atom. The average Bonchev–Trinajstić information content (AvgIpc) is 2.51. The summed E-state index contributed by atoms with van der Waals surface area (Å²) in [6.45, 7) is 1.86. The minimum atomic E-state index is -0.00386. The van der Waals surface area contributed by atoms with Crippen molar-refractivity contribution in [3.63, 3.8) is 0 Å². The number of aryl methyl sites for hydroxylation is 1. The first-order valence-corrected chi connectivity index (χ1v) is 5.36. The van der Waals surface area contributed by atoms with Crippen molar-refractivity contribution in [3.8, 4) is 0 Å². The fraction of sp³-hybridized carbons (Fsp3) is 0.500. The summed E-state index contributed by atoms with van der Waals surface area (Å²) in [6, 6.07) is 4.07. The second-order valence-electron chi connectivity index (χ2n) is 3.30. The van der Waals surface area contributed by atoms with Gasteiger partial charge in [-0.25, -0.2) is 0 Å². The van der Waals surface area contributed by atoms with Gasteiger partial charge in [0.05, 0.1) is 0 Å². The van der Waals surface area contributed by atoms with Gasteiger partial charge in [0, 0.05) is 23.8 Å². The molecule has 1 aromatic heterocycles. The van der Waals surface area contributed by atoms with Crippen molar-refractivity contribution in [2.24, 2.45) is 5.73 Å². The third kappa shape index (κ3) is 4.20. The number of hydrogen-bond donors (Lipinski definition) is 1. The summed E-state index contributed by atoms with van der Waals surface area (Å²) in [5.74, 6) is 0.267. The van der Waals surface area contributed by atoms with Gasteiger partial charge in [-0.1, -0.05) is 6.07 Å². The molecule has 72 valence electrons. The number of ketones is 1. The molecule has 0 saturated heterocycles. The monoisotopic (exact) mass is 197 g/mol. The maximum absolute atomic E-state index is 11.3. The lowest BCUT2D eigenvalue weighted by atomic mass is 10.1. The topological polar surface area (TPSA) is 43.1 Å². The maximum atomic E-state index is 11.3. The first-order chi connectivity index (χ1) is 6.18. The summed E-state index contributed by atoms with van der Waals surface area (Å²) in [4.78, 5) is 12.5. The van der Waals surface area contributed by atoms with E-state index >= 15 is 0 Å². The molecule has 1 rings (SSSR count). The largest absolute Gasteiger partial charge is 0.328 e. The molecule has 2 N–H and O–H groups in total. The van der Waals surface area contributed by atoms with Gasteiger partial charge in [0.2, 0.25) is 0 Å². The van der Waals surface area contributed by atoms with Gasteiger partial charge in [0.15, 0.2) is 0 Å². The molecule has 13 heavy (non-hydrogen) atoms. The summed E-state index contributed by atoms with van der Waals surface area (Å²) >= 11 is 1.70. The van der Waals surface area contributed by atoms with E-state index in [0.29, 0.717) is 12.8 Å². The Bertz CT molecular complexity index is 254. The number of thiophene rings is 1. The van der Waals surface area contributed by atoms with Crippen LogP contribution >= 0.6 is 11.3 Å². The first kappa shape index (κ1) is 10.4. The standard InChI is InChI=1S/C10H15NOS/c1-8(11)7-9(12)4-5-10-3-2-6-13-10/h2-3,6,8H,4-5,7,11H2,1H3. The van der Waals surface area contributed by atoms with E-state index < -0.39 is 0 Å². The maximum Gasteiger partial charge on any atom is 0.134 e. The number of nitrogens with two attached hydrogens (primary N) is 1. The number of hydrogen-bond acceptors (Lipinski definition) is 3.